The van der Waals surface area contributed by atoms with E-state index in [0.717, 1.165) is 19.4 Å². The average Bonchev–Trinajstić information content (AvgIpc) is 2.89. The van der Waals surface area contributed by atoms with E-state index >= 15 is 0 Å². The predicted molar refractivity (Wildman–Crippen MR) is 92.7 cm³/mol. The average molecular weight is 352 g/mol. The molecule has 0 amide bonds. The molecule has 2 rings (SSSR count). The highest BCUT2D eigenvalue weighted by molar-refractivity contribution is 9.10. The minimum Gasteiger partial charge on any atom is -0.310 e. The Labute approximate surface area is 134 Å². The minimum absolute atomic E-state index is 0.398. The third-order valence-electron chi connectivity index (χ3n) is 3.51. The van der Waals surface area contributed by atoms with Gasteiger partial charge in [-0.15, -0.1) is 11.3 Å². The molecule has 0 radical (unpaired) electrons. The largest absolute Gasteiger partial charge is 0.310 e. The molecule has 0 aliphatic rings. The molecular weight excluding hydrogens is 330 g/mol. The smallest absolute Gasteiger partial charge is 0.0368 e. The fourth-order valence-electron chi connectivity index (χ4n) is 2.36. The summed E-state index contributed by atoms with van der Waals surface area (Å²) < 4.78 is 1.18. The maximum absolute atomic E-state index is 3.61. The monoisotopic (exact) mass is 351 g/mol. The van der Waals surface area contributed by atoms with Gasteiger partial charge in [0.05, 0.1) is 0 Å². The van der Waals surface area contributed by atoms with Crippen molar-refractivity contribution in [3.8, 4) is 0 Å². The van der Waals surface area contributed by atoms with Gasteiger partial charge < -0.3 is 5.32 Å². The zero-order chi connectivity index (χ0) is 14.5. The molecule has 1 atom stereocenters. The van der Waals surface area contributed by atoms with Gasteiger partial charge in [0.25, 0.3) is 0 Å². The van der Waals surface area contributed by atoms with E-state index in [1.54, 1.807) is 0 Å². The fourth-order valence-corrected chi connectivity index (χ4v) is 3.61. The van der Waals surface area contributed by atoms with E-state index in [1.165, 1.54) is 25.4 Å². The van der Waals surface area contributed by atoms with Crippen LogP contribution >= 0.6 is 27.3 Å². The number of benzene rings is 1. The molecule has 1 aromatic carbocycles. The molecule has 0 spiro atoms. The van der Waals surface area contributed by atoms with Crippen molar-refractivity contribution in [2.45, 2.75) is 39.7 Å². The van der Waals surface area contributed by atoms with Gasteiger partial charge in [0.2, 0.25) is 0 Å². The first kappa shape index (κ1) is 15.7. The van der Waals surface area contributed by atoms with Crippen LogP contribution in [0.4, 0.5) is 0 Å². The number of hydrogen-bond acceptors (Lipinski definition) is 2. The summed E-state index contributed by atoms with van der Waals surface area (Å²) in [6.07, 6.45) is 2.20. The minimum atomic E-state index is 0.398. The third kappa shape index (κ3) is 3.94. The Bertz CT molecular complexity index is 562. The third-order valence-corrected chi connectivity index (χ3v) is 5.65. The van der Waals surface area contributed by atoms with Crippen LogP contribution in [0.5, 0.6) is 0 Å². The number of likely N-dealkylation sites (N-methyl/N-ethyl adjacent to an activating group) is 1. The van der Waals surface area contributed by atoms with Crippen molar-refractivity contribution < 1.29 is 0 Å². The first-order valence-electron chi connectivity index (χ1n) is 7.21. The number of aryl methyl sites for hydroxylation is 2. The van der Waals surface area contributed by atoms with E-state index in [4.69, 9.17) is 0 Å². The van der Waals surface area contributed by atoms with Gasteiger partial charge in [-0.25, -0.2) is 0 Å². The van der Waals surface area contributed by atoms with Gasteiger partial charge in [-0.05, 0) is 49.2 Å². The number of hydrogen-bond donors (Lipinski definition) is 1. The molecule has 3 heteroatoms. The van der Waals surface area contributed by atoms with E-state index in [2.05, 4.69) is 72.3 Å². The Hall–Kier alpha value is -0.640. The topological polar surface area (TPSA) is 12.0 Å². The van der Waals surface area contributed by atoms with Crippen molar-refractivity contribution in [2.75, 3.05) is 6.54 Å². The Morgan fingerprint density at radius 3 is 2.50 bits per heavy atom. The lowest BCUT2D eigenvalue weighted by Gasteiger charge is -2.18. The van der Waals surface area contributed by atoms with Gasteiger partial charge in [0, 0.05) is 26.7 Å². The highest BCUT2D eigenvalue weighted by atomic mass is 79.9. The summed E-state index contributed by atoms with van der Waals surface area (Å²) in [5.74, 6) is 0. The van der Waals surface area contributed by atoms with Crippen LogP contribution in [0, 0.1) is 6.92 Å². The van der Waals surface area contributed by atoms with Gasteiger partial charge in [-0.3, -0.25) is 0 Å². The van der Waals surface area contributed by atoms with E-state index < -0.39 is 0 Å². The quantitative estimate of drug-likeness (QED) is 0.746. The summed E-state index contributed by atoms with van der Waals surface area (Å²) in [4.78, 5) is 2.94. The molecule has 20 heavy (non-hydrogen) atoms. The lowest BCUT2D eigenvalue weighted by atomic mass is 10.0. The SMILES string of the molecule is CCNC(Cc1ccc(CC)s1)c1ccc(Br)c(C)c1. The Balaban J connectivity index is 2.19. The molecular formula is C17H22BrNS. The van der Waals surface area contributed by atoms with Crippen LogP contribution in [0.1, 0.15) is 40.8 Å². The lowest BCUT2D eigenvalue weighted by Crippen LogP contribution is -2.22. The van der Waals surface area contributed by atoms with Crippen LogP contribution in [0.25, 0.3) is 0 Å². The molecule has 1 aromatic heterocycles. The van der Waals surface area contributed by atoms with Crippen molar-refractivity contribution in [1.82, 2.24) is 5.32 Å². The normalized spacial score (nSPS) is 12.6. The Morgan fingerprint density at radius 1 is 1.15 bits per heavy atom. The van der Waals surface area contributed by atoms with Crippen molar-refractivity contribution in [2.24, 2.45) is 0 Å². The van der Waals surface area contributed by atoms with Gasteiger partial charge in [-0.1, -0.05) is 41.9 Å². The number of thiophene rings is 1. The van der Waals surface area contributed by atoms with Crippen molar-refractivity contribution in [3.63, 3.8) is 0 Å². The van der Waals surface area contributed by atoms with Crippen LogP contribution in [0.3, 0.4) is 0 Å². The van der Waals surface area contributed by atoms with Crippen LogP contribution in [-0.2, 0) is 12.8 Å². The van der Waals surface area contributed by atoms with Gasteiger partial charge >= 0.3 is 0 Å². The number of rotatable bonds is 6. The van der Waals surface area contributed by atoms with Gasteiger partial charge in [0.15, 0.2) is 0 Å². The molecule has 0 aliphatic heterocycles. The van der Waals surface area contributed by atoms with Crippen molar-refractivity contribution in [1.29, 1.82) is 0 Å². The summed E-state index contributed by atoms with van der Waals surface area (Å²) in [7, 11) is 0. The zero-order valence-corrected chi connectivity index (χ0v) is 14.8. The van der Waals surface area contributed by atoms with Crippen LogP contribution in [0.2, 0.25) is 0 Å². The second-order valence-electron chi connectivity index (χ2n) is 5.04. The summed E-state index contributed by atoms with van der Waals surface area (Å²) in [6, 6.07) is 11.6. The predicted octanol–water partition coefficient (Wildman–Crippen LogP) is 5.27. The van der Waals surface area contributed by atoms with E-state index in [1.807, 2.05) is 11.3 Å². The maximum atomic E-state index is 3.61. The molecule has 1 nitrogen and oxygen atoms in total. The molecule has 0 aliphatic carbocycles. The second-order valence-corrected chi connectivity index (χ2v) is 7.15. The first-order valence-corrected chi connectivity index (χ1v) is 8.82. The first-order chi connectivity index (χ1) is 9.63. The standard InChI is InChI=1S/C17H22BrNS/c1-4-14-7-8-15(20-14)11-17(19-5-2)13-6-9-16(18)12(3)10-13/h6-10,17,19H,4-5,11H2,1-3H3. The molecule has 1 unspecified atom stereocenters. The molecule has 0 saturated heterocycles. The van der Waals surface area contributed by atoms with E-state index in [-0.39, 0.29) is 0 Å². The number of nitrogens with one attached hydrogen (secondary N) is 1. The van der Waals surface area contributed by atoms with Crippen LogP contribution < -0.4 is 5.32 Å². The summed E-state index contributed by atoms with van der Waals surface area (Å²) >= 11 is 5.52. The summed E-state index contributed by atoms with van der Waals surface area (Å²) in [5, 5.41) is 3.61. The highest BCUT2D eigenvalue weighted by Gasteiger charge is 2.13. The van der Waals surface area contributed by atoms with E-state index in [9.17, 15) is 0 Å². The fraction of sp³-hybridized carbons (Fsp3) is 0.412. The molecule has 2 aromatic rings. The molecule has 1 N–H and O–H groups in total. The lowest BCUT2D eigenvalue weighted by molar-refractivity contribution is 0.553. The Morgan fingerprint density at radius 2 is 1.90 bits per heavy atom. The van der Waals surface area contributed by atoms with Crippen LogP contribution in [0.15, 0.2) is 34.8 Å². The molecule has 0 saturated carbocycles. The summed E-state index contributed by atoms with van der Waals surface area (Å²) in [5.41, 5.74) is 2.67. The van der Waals surface area contributed by atoms with Crippen LogP contribution in [-0.4, -0.2) is 6.54 Å². The highest BCUT2D eigenvalue weighted by Crippen LogP contribution is 2.26. The molecule has 0 fully saturated rings. The maximum Gasteiger partial charge on any atom is 0.0368 e. The van der Waals surface area contributed by atoms with Gasteiger partial charge in [-0.2, -0.15) is 0 Å². The molecule has 0 bridgehead atoms. The summed E-state index contributed by atoms with van der Waals surface area (Å²) in [6.45, 7) is 7.53. The molecule has 108 valence electrons. The van der Waals surface area contributed by atoms with E-state index in [0.29, 0.717) is 6.04 Å². The van der Waals surface area contributed by atoms with Crippen molar-refractivity contribution >= 4 is 27.3 Å². The second kappa shape index (κ2) is 7.39. The number of halogens is 1. The zero-order valence-electron chi connectivity index (χ0n) is 12.4. The van der Waals surface area contributed by atoms with Crippen molar-refractivity contribution in [3.05, 3.63) is 55.7 Å². The Kier molecular flexibility index (Phi) is 5.82. The van der Waals surface area contributed by atoms with Gasteiger partial charge in [0.1, 0.15) is 0 Å². The molecule has 1 heterocycles.